The third-order valence-corrected chi connectivity index (χ3v) is 7.97. The first-order chi connectivity index (χ1) is 18.5. The molecule has 9 nitrogen and oxygen atoms in total. The smallest absolute Gasteiger partial charge is 0.240 e. The predicted octanol–water partition coefficient (Wildman–Crippen LogP) is 2.26. The Morgan fingerprint density at radius 3 is 2.41 bits per heavy atom. The summed E-state index contributed by atoms with van der Waals surface area (Å²) in [5.74, 6) is -1.27. The molecule has 1 amide bonds. The molecule has 1 aromatic carbocycles. The number of carbonyl (C=O) groups is 2. The van der Waals surface area contributed by atoms with Crippen molar-refractivity contribution < 1.29 is 19.8 Å². The van der Waals surface area contributed by atoms with E-state index in [0.717, 1.165) is 37.7 Å². The minimum atomic E-state index is -1.29. The van der Waals surface area contributed by atoms with Crippen LogP contribution in [0.3, 0.4) is 0 Å². The number of aromatic nitrogens is 2. The molecule has 1 heterocycles. The van der Waals surface area contributed by atoms with E-state index in [4.69, 9.17) is 11.5 Å². The van der Waals surface area contributed by atoms with Crippen molar-refractivity contribution in [1.29, 1.82) is 0 Å². The van der Waals surface area contributed by atoms with Gasteiger partial charge in [0.15, 0.2) is 5.78 Å². The maximum absolute atomic E-state index is 14.4. The highest BCUT2D eigenvalue weighted by molar-refractivity contribution is 5.94. The van der Waals surface area contributed by atoms with E-state index in [1.165, 1.54) is 6.33 Å². The van der Waals surface area contributed by atoms with Crippen molar-refractivity contribution in [3.8, 4) is 0 Å². The minimum Gasteiger partial charge on any atom is -0.390 e. The highest BCUT2D eigenvalue weighted by atomic mass is 16.3. The number of imidazole rings is 1. The van der Waals surface area contributed by atoms with Gasteiger partial charge in [0.25, 0.3) is 0 Å². The Morgan fingerprint density at radius 1 is 1.15 bits per heavy atom. The number of Topliss-reactive ketones (excluding diaryl/α,β-unsaturated/α-hetero) is 1. The SMILES string of the molecule is CC(C)C[C@H](O)[C@H](O)[C@@H](N)C(C(=O)[C@H](Cc1ccccc1)NC(=O)[C@@](C)(N)Cc1cnc[nH]1)C1CCCCC1. The predicted molar refractivity (Wildman–Crippen MR) is 151 cm³/mol. The molecular weight excluding hydrogens is 494 g/mol. The second-order valence-corrected chi connectivity index (χ2v) is 12.0. The van der Waals surface area contributed by atoms with Gasteiger partial charge in [0, 0.05) is 30.3 Å². The number of H-pyrrole nitrogens is 1. The van der Waals surface area contributed by atoms with Crippen molar-refractivity contribution in [3.05, 3.63) is 54.1 Å². The average molecular weight is 542 g/mol. The van der Waals surface area contributed by atoms with E-state index in [-0.39, 0.29) is 30.5 Å². The largest absolute Gasteiger partial charge is 0.390 e. The van der Waals surface area contributed by atoms with E-state index in [2.05, 4.69) is 15.3 Å². The Hall–Kier alpha value is -2.59. The second kappa shape index (κ2) is 14.2. The number of benzene rings is 1. The van der Waals surface area contributed by atoms with Gasteiger partial charge in [-0.15, -0.1) is 0 Å². The number of nitrogens with one attached hydrogen (secondary N) is 2. The van der Waals surface area contributed by atoms with Gasteiger partial charge < -0.3 is 32.0 Å². The first-order valence-electron chi connectivity index (χ1n) is 14.3. The Labute approximate surface area is 232 Å². The molecule has 8 N–H and O–H groups in total. The summed E-state index contributed by atoms with van der Waals surface area (Å²) in [7, 11) is 0. The summed E-state index contributed by atoms with van der Waals surface area (Å²) in [4.78, 5) is 34.8. The zero-order valence-corrected chi connectivity index (χ0v) is 23.6. The van der Waals surface area contributed by atoms with E-state index >= 15 is 0 Å². The molecule has 1 aliphatic rings. The van der Waals surface area contributed by atoms with Crippen LogP contribution >= 0.6 is 0 Å². The molecule has 6 atom stereocenters. The summed E-state index contributed by atoms with van der Waals surface area (Å²) in [5, 5.41) is 24.7. The van der Waals surface area contributed by atoms with Gasteiger partial charge in [0.1, 0.15) is 0 Å². The van der Waals surface area contributed by atoms with Crippen LogP contribution in [0, 0.1) is 17.8 Å². The zero-order valence-electron chi connectivity index (χ0n) is 23.6. The number of hydrogen-bond donors (Lipinski definition) is 6. The van der Waals surface area contributed by atoms with E-state index in [9.17, 15) is 19.8 Å². The summed E-state index contributed by atoms with van der Waals surface area (Å²) >= 11 is 0. The molecule has 39 heavy (non-hydrogen) atoms. The molecule has 216 valence electrons. The molecule has 3 rings (SSSR count). The maximum Gasteiger partial charge on any atom is 0.240 e. The standard InChI is InChI=1S/C30H47N5O4/c1-19(2)14-24(36)28(38)26(31)25(21-12-8-5-9-13-21)27(37)23(15-20-10-6-4-7-11-20)35-29(39)30(3,32)16-22-17-33-18-34-22/h4,6-7,10-11,17-19,21,23-26,28,36,38H,5,8-9,12-16,31-32H2,1-3H3,(H,33,34)(H,35,39)/t23-,24-,25?,26-,28-,30-/m0/s1. The van der Waals surface area contributed by atoms with Crippen LogP contribution in [0.5, 0.6) is 0 Å². The van der Waals surface area contributed by atoms with E-state index in [1.807, 2.05) is 44.2 Å². The van der Waals surface area contributed by atoms with Crippen molar-refractivity contribution in [2.24, 2.45) is 29.2 Å². The molecule has 1 unspecified atom stereocenters. The molecule has 0 bridgehead atoms. The molecule has 1 saturated carbocycles. The van der Waals surface area contributed by atoms with Crippen molar-refractivity contribution in [1.82, 2.24) is 15.3 Å². The number of ketones is 1. The number of aliphatic hydroxyl groups is 2. The molecule has 2 aromatic rings. The highest BCUT2D eigenvalue weighted by Crippen LogP contribution is 2.34. The molecule has 0 radical (unpaired) electrons. The Balaban J connectivity index is 1.90. The molecule has 1 aromatic heterocycles. The number of rotatable bonds is 14. The lowest BCUT2D eigenvalue weighted by atomic mass is 9.71. The lowest BCUT2D eigenvalue weighted by Crippen LogP contribution is -2.60. The maximum atomic E-state index is 14.4. The fourth-order valence-corrected chi connectivity index (χ4v) is 5.81. The van der Waals surface area contributed by atoms with Gasteiger partial charge in [-0.25, -0.2) is 4.98 Å². The number of hydrogen-bond acceptors (Lipinski definition) is 7. The third kappa shape index (κ3) is 8.70. The van der Waals surface area contributed by atoms with Gasteiger partial charge in [-0.05, 0) is 50.0 Å². The first kappa shape index (κ1) is 30.9. The van der Waals surface area contributed by atoms with Crippen LogP contribution in [0.1, 0.15) is 70.6 Å². The summed E-state index contributed by atoms with van der Waals surface area (Å²) in [6.07, 6.45) is 6.40. The van der Waals surface area contributed by atoms with Crippen LogP contribution in [0.25, 0.3) is 0 Å². The second-order valence-electron chi connectivity index (χ2n) is 12.0. The third-order valence-electron chi connectivity index (χ3n) is 7.97. The summed E-state index contributed by atoms with van der Waals surface area (Å²) < 4.78 is 0. The summed E-state index contributed by atoms with van der Waals surface area (Å²) in [6.45, 7) is 5.55. The van der Waals surface area contributed by atoms with Crippen LogP contribution in [0.4, 0.5) is 0 Å². The number of aliphatic hydroxyl groups excluding tert-OH is 2. The van der Waals surface area contributed by atoms with Gasteiger partial charge in [-0.1, -0.05) is 63.4 Å². The van der Waals surface area contributed by atoms with Gasteiger partial charge in [-0.3, -0.25) is 9.59 Å². The number of amides is 1. The molecule has 9 heteroatoms. The van der Waals surface area contributed by atoms with Crippen molar-refractivity contribution in [2.45, 2.75) is 102 Å². The Bertz CT molecular complexity index is 1020. The zero-order chi connectivity index (χ0) is 28.6. The van der Waals surface area contributed by atoms with Crippen LogP contribution in [-0.4, -0.2) is 61.7 Å². The van der Waals surface area contributed by atoms with Crippen LogP contribution < -0.4 is 16.8 Å². The monoisotopic (exact) mass is 541 g/mol. The van der Waals surface area contributed by atoms with Gasteiger partial charge in [0.05, 0.1) is 30.1 Å². The highest BCUT2D eigenvalue weighted by Gasteiger charge is 2.43. The average Bonchev–Trinajstić information content (AvgIpc) is 3.41. The number of nitrogens with two attached hydrogens (primary N) is 2. The van der Waals surface area contributed by atoms with Gasteiger partial charge in [-0.2, -0.15) is 0 Å². The van der Waals surface area contributed by atoms with Crippen molar-refractivity contribution in [2.75, 3.05) is 0 Å². The fraction of sp³-hybridized carbons (Fsp3) is 0.633. The molecule has 0 saturated heterocycles. The van der Waals surface area contributed by atoms with Crippen LogP contribution in [0.15, 0.2) is 42.9 Å². The van der Waals surface area contributed by atoms with Gasteiger partial charge in [0.2, 0.25) is 5.91 Å². The first-order valence-corrected chi connectivity index (χ1v) is 14.3. The van der Waals surface area contributed by atoms with Crippen molar-refractivity contribution in [3.63, 3.8) is 0 Å². The molecular formula is C30H47N5O4. The minimum absolute atomic E-state index is 0.0356. The Kier molecular flexibility index (Phi) is 11.2. The number of nitrogens with zero attached hydrogens (tertiary/aromatic N) is 1. The van der Waals surface area contributed by atoms with Gasteiger partial charge >= 0.3 is 0 Å². The quantitative estimate of drug-likeness (QED) is 0.213. The van der Waals surface area contributed by atoms with E-state index in [0.29, 0.717) is 12.1 Å². The van der Waals surface area contributed by atoms with E-state index < -0.39 is 41.7 Å². The lowest BCUT2D eigenvalue weighted by Gasteiger charge is -2.39. The molecule has 1 aliphatic carbocycles. The molecule has 1 fully saturated rings. The fourth-order valence-electron chi connectivity index (χ4n) is 5.81. The number of aromatic amines is 1. The molecule has 0 aliphatic heterocycles. The van der Waals surface area contributed by atoms with E-state index in [1.54, 1.807) is 13.1 Å². The molecule has 0 spiro atoms. The van der Waals surface area contributed by atoms with Crippen LogP contribution in [0.2, 0.25) is 0 Å². The van der Waals surface area contributed by atoms with Crippen molar-refractivity contribution >= 4 is 11.7 Å². The van der Waals surface area contributed by atoms with Crippen LogP contribution in [-0.2, 0) is 22.4 Å². The Morgan fingerprint density at radius 2 is 1.82 bits per heavy atom. The summed E-state index contributed by atoms with van der Waals surface area (Å²) in [6, 6.07) is 7.65. The topological polar surface area (TPSA) is 167 Å². The normalized spacial score (nSPS) is 20.0. The number of carbonyl (C=O) groups excluding carboxylic acids is 2. The lowest BCUT2D eigenvalue weighted by molar-refractivity contribution is -0.135. The summed E-state index contributed by atoms with van der Waals surface area (Å²) in [5.41, 5.74) is 13.4.